The third kappa shape index (κ3) is 13.8. The van der Waals surface area contributed by atoms with E-state index in [4.69, 9.17) is 0 Å². The molecule has 0 radical (unpaired) electrons. The SMILES string of the molecule is CCCCCCCCCCCCCCCCCc1ccc([I-]C)cc1. The summed E-state index contributed by atoms with van der Waals surface area (Å²) in [5.74, 6) is 0. The van der Waals surface area contributed by atoms with Crippen molar-refractivity contribution in [2.24, 2.45) is 0 Å². The van der Waals surface area contributed by atoms with Crippen molar-refractivity contribution in [3.63, 3.8) is 0 Å². The van der Waals surface area contributed by atoms with Gasteiger partial charge in [-0.2, -0.15) is 0 Å². The van der Waals surface area contributed by atoms with Crippen molar-refractivity contribution in [2.75, 3.05) is 4.93 Å². The van der Waals surface area contributed by atoms with Gasteiger partial charge in [0.2, 0.25) is 0 Å². The molecule has 0 saturated carbocycles. The monoisotopic (exact) mass is 457 g/mol. The van der Waals surface area contributed by atoms with Crippen molar-refractivity contribution >= 4 is 0 Å². The number of rotatable bonds is 17. The molecule has 0 bridgehead atoms. The summed E-state index contributed by atoms with van der Waals surface area (Å²) in [6.07, 6.45) is 23.0. The second-order valence-electron chi connectivity index (χ2n) is 7.52. The first-order valence-electron chi connectivity index (χ1n) is 10.9. The Labute approximate surface area is 168 Å². The van der Waals surface area contributed by atoms with Gasteiger partial charge in [0.05, 0.1) is 0 Å². The van der Waals surface area contributed by atoms with Crippen LogP contribution in [0.5, 0.6) is 0 Å². The number of halogens is 1. The molecule has 0 aromatic heterocycles. The van der Waals surface area contributed by atoms with E-state index in [1.807, 2.05) is 0 Å². The summed E-state index contributed by atoms with van der Waals surface area (Å²) in [6, 6.07) is 9.38. The van der Waals surface area contributed by atoms with Gasteiger partial charge in [-0.25, -0.2) is 0 Å². The molecule has 1 aromatic carbocycles. The predicted molar refractivity (Wildman–Crippen MR) is 110 cm³/mol. The Bertz CT molecular complexity index is 382. The second-order valence-corrected chi connectivity index (χ2v) is 9.84. The summed E-state index contributed by atoms with van der Waals surface area (Å²) >= 11 is 0.261. The Morgan fingerprint density at radius 2 is 0.960 bits per heavy atom. The van der Waals surface area contributed by atoms with Crippen molar-refractivity contribution in [3.05, 3.63) is 33.4 Å². The molecule has 0 heterocycles. The zero-order valence-corrected chi connectivity index (χ0v) is 19.2. The molecule has 0 N–H and O–H groups in total. The van der Waals surface area contributed by atoms with E-state index in [0.717, 1.165) is 0 Å². The Kier molecular flexibility index (Phi) is 16.0. The van der Waals surface area contributed by atoms with E-state index >= 15 is 0 Å². The molecule has 25 heavy (non-hydrogen) atoms. The van der Waals surface area contributed by atoms with E-state index in [0.29, 0.717) is 0 Å². The fourth-order valence-corrected chi connectivity index (χ4v) is 4.56. The van der Waals surface area contributed by atoms with Crippen LogP contribution < -0.4 is 21.2 Å². The van der Waals surface area contributed by atoms with Gasteiger partial charge >= 0.3 is 111 Å². The van der Waals surface area contributed by atoms with Crippen LogP contribution in [-0.4, -0.2) is 4.93 Å². The predicted octanol–water partition coefficient (Wildman–Crippen LogP) is 4.99. The van der Waals surface area contributed by atoms with Gasteiger partial charge in [0, 0.05) is 0 Å². The van der Waals surface area contributed by atoms with Gasteiger partial charge in [0.25, 0.3) is 0 Å². The standard InChI is InChI=1S/C24H42I/c1-3-4-5-6-7-8-9-10-11-12-13-14-15-16-17-18-23-19-21-24(25-2)22-20-23/h19-22H,3-18H2,1-2H3/q-1. The van der Waals surface area contributed by atoms with Crippen LogP contribution in [-0.2, 0) is 6.42 Å². The minimum atomic E-state index is 0.261. The van der Waals surface area contributed by atoms with E-state index in [9.17, 15) is 0 Å². The van der Waals surface area contributed by atoms with Crippen LogP contribution in [0, 0.1) is 3.57 Å². The number of hydrogen-bond acceptors (Lipinski definition) is 0. The van der Waals surface area contributed by atoms with E-state index in [2.05, 4.69) is 36.1 Å². The number of hydrogen-bond donors (Lipinski definition) is 0. The number of benzene rings is 1. The van der Waals surface area contributed by atoms with Crippen LogP contribution in [0.4, 0.5) is 0 Å². The Balaban J connectivity index is 1.78. The molecule has 0 atom stereocenters. The molecule has 0 nitrogen and oxygen atoms in total. The van der Waals surface area contributed by atoms with E-state index in [1.54, 1.807) is 3.57 Å². The van der Waals surface area contributed by atoms with Gasteiger partial charge in [-0.05, 0) is 0 Å². The average molecular weight is 458 g/mol. The van der Waals surface area contributed by atoms with E-state index < -0.39 is 0 Å². The minimum absolute atomic E-state index is 0.261. The summed E-state index contributed by atoms with van der Waals surface area (Å²) in [6.45, 7) is 2.30. The van der Waals surface area contributed by atoms with Crippen LogP contribution in [0.3, 0.4) is 0 Å². The Morgan fingerprint density at radius 3 is 1.36 bits per heavy atom. The van der Waals surface area contributed by atoms with Crippen molar-refractivity contribution < 1.29 is 21.2 Å². The molecule has 0 unspecified atom stereocenters. The Morgan fingerprint density at radius 1 is 0.560 bits per heavy atom. The van der Waals surface area contributed by atoms with Crippen LogP contribution in [0.1, 0.15) is 109 Å². The van der Waals surface area contributed by atoms with Gasteiger partial charge in [-0.1, -0.05) is 58.3 Å². The van der Waals surface area contributed by atoms with Crippen molar-refractivity contribution in [1.82, 2.24) is 0 Å². The second kappa shape index (κ2) is 17.4. The molecular weight excluding hydrogens is 415 g/mol. The van der Waals surface area contributed by atoms with Gasteiger partial charge < -0.3 is 0 Å². The average Bonchev–Trinajstić information content (AvgIpc) is 2.65. The molecule has 0 aliphatic heterocycles. The van der Waals surface area contributed by atoms with E-state index in [1.165, 1.54) is 108 Å². The van der Waals surface area contributed by atoms with Gasteiger partial charge in [0.1, 0.15) is 0 Å². The van der Waals surface area contributed by atoms with Crippen LogP contribution in [0.15, 0.2) is 24.3 Å². The number of alkyl halides is 1. The molecule has 146 valence electrons. The van der Waals surface area contributed by atoms with E-state index in [-0.39, 0.29) is 21.2 Å². The van der Waals surface area contributed by atoms with Gasteiger partial charge in [-0.3, -0.25) is 0 Å². The van der Waals surface area contributed by atoms with Crippen molar-refractivity contribution in [3.8, 4) is 0 Å². The molecular formula is C24H42I-. The normalized spacial score (nSPS) is 11.3. The molecule has 1 rings (SSSR count). The topological polar surface area (TPSA) is 0 Å². The quantitative estimate of drug-likeness (QED) is 0.176. The molecule has 0 amide bonds. The summed E-state index contributed by atoms with van der Waals surface area (Å²) < 4.78 is 1.57. The molecule has 1 aromatic rings. The summed E-state index contributed by atoms with van der Waals surface area (Å²) in [4.78, 5) is 2.34. The first kappa shape index (κ1) is 23.0. The zero-order valence-electron chi connectivity index (χ0n) is 17.0. The third-order valence-corrected chi connectivity index (χ3v) is 7.17. The number of unbranched alkanes of at least 4 members (excludes halogenated alkanes) is 14. The fraction of sp³-hybridized carbons (Fsp3) is 0.750. The number of aryl methyl sites for hydroxylation is 1. The third-order valence-electron chi connectivity index (χ3n) is 5.20. The maximum absolute atomic E-state index is 2.35. The summed E-state index contributed by atoms with van der Waals surface area (Å²) in [5, 5.41) is 0. The Hall–Kier alpha value is -0.0500. The van der Waals surface area contributed by atoms with Crippen LogP contribution in [0.2, 0.25) is 0 Å². The first-order chi connectivity index (χ1) is 12.4. The van der Waals surface area contributed by atoms with Crippen LogP contribution in [0.25, 0.3) is 0 Å². The van der Waals surface area contributed by atoms with Crippen molar-refractivity contribution in [1.29, 1.82) is 0 Å². The fourth-order valence-electron chi connectivity index (χ4n) is 3.48. The molecule has 0 aliphatic carbocycles. The molecule has 1 heteroatoms. The molecule has 0 aliphatic rings. The van der Waals surface area contributed by atoms with Gasteiger partial charge in [0.15, 0.2) is 0 Å². The first-order valence-corrected chi connectivity index (χ1v) is 14.2. The van der Waals surface area contributed by atoms with Crippen LogP contribution >= 0.6 is 0 Å². The van der Waals surface area contributed by atoms with Gasteiger partial charge in [-0.15, -0.1) is 0 Å². The molecule has 0 spiro atoms. The summed E-state index contributed by atoms with van der Waals surface area (Å²) in [7, 11) is 0. The maximum atomic E-state index is 2.35. The van der Waals surface area contributed by atoms with Crippen molar-refractivity contribution in [2.45, 2.75) is 110 Å². The molecule has 0 saturated heterocycles. The summed E-state index contributed by atoms with van der Waals surface area (Å²) in [5.41, 5.74) is 1.54. The molecule has 0 fully saturated rings. The zero-order chi connectivity index (χ0) is 18.0.